The van der Waals surface area contributed by atoms with E-state index in [1.54, 1.807) is 0 Å². The second-order valence-electron chi connectivity index (χ2n) is 5.72. The molecule has 0 spiro atoms. The maximum absolute atomic E-state index is 12.4. The van der Waals surface area contributed by atoms with Crippen LogP contribution in [0.15, 0.2) is 18.2 Å². The van der Waals surface area contributed by atoms with Crippen molar-refractivity contribution in [2.24, 2.45) is 5.92 Å². The third-order valence-corrected chi connectivity index (χ3v) is 4.30. The summed E-state index contributed by atoms with van der Waals surface area (Å²) in [6.45, 7) is 4.14. The minimum absolute atomic E-state index is 0.0172. The third-order valence-electron chi connectivity index (χ3n) is 4.30. The molecule has 19 heavy (non-hydrogen) atoms. The van der Waals surface area contributed by atoms with E-state index in [4.69, 9.17) is 5.73 Å². The predicted octanol–water partition coefficient (Wildman–Crippen LogP) is 3.28. The first-order chi connectivity index (χ1) is 9.09. The van der Waals surface area contributed by atoms with Gasteiger partial charge in [-0.1, -0.05) is 32.3 Å². The van der Waals surface area contributed by atoms with Gasteiger partial charge in [-0.3, -0.25) is 4.79 Å². The average molecular weight is 260 g/mol. The molecular weight excluding hydrogens is 236 g/mol. The van der Waals surface area contributed by atoms with Crippen LogP contribution in [0, 0.1) is 12.8 Å². The number of hydrogen-bond donors (Lipinski definition) is 2. The van der Waals surface area contributed by atoms with Crippen LogP contribution in [-0.2, 0) is 0 Å². The second kappa shape index (κ2) is 6.09. The number of rotatable bonds is 2. The van der Waals surface area contributed by atoms with E-state index in [2.05, 4.69) is 12.2 Å². The minimum atomic E-state index is 0.0172. The van der Waals surface area contributed by atoms with Gasteiger partial charge < -0.3 is 11.1 Å². The second-order valence-corrected chi connectivity index (χ2v) is 5.72. The fourth-order valence-corrected chi connectivity index (χ4v) is 2.85. The summed E-state index contributed by atoms with van der Waals surface area (Å²) in [6, 6.07) is 5.83. The zero-order chi connectivity index (χ0) is 13.8. The molecule has 104 valence electrons. The molecule has 3 nitrogen and oxygen atoms in total. The molecule has 1 fully saturated rings. The molecule has 2 unspecified atom stereocenters. The first kappa shape index (κ1) is 13.9. The molecule has 1 aromatic rings. The first-order valence-corrected chi connectivity index (χ1v) is 7.25. The highest BCUT2D eigenvalue weighted by atomic mass is 16.1. The van der Waals surface area contributed by atoms with Gasteiger partial charge in [-0.15, -0.1) is 0 Å². The van der Waals surface area contributed by atoms with E-state index in [1.807, 2.05) is 25.1 Å². The molecule has 0 saturated heterocycles. The maximum Gasteiger partial charge on any atom is 0.251 e. The molecule has 1 aliphatic rings. The molecule has 0 aliphatic heterocycles. The molecule has 1 aliphatic carbocycles. The Bertz CT molecular complexity index is 456. The molecule has 0 bridgehead atoms. The van der Waals surface area contributed by atoms with Crippen LogP contribution < -0.4 is 11.1 Å². The molecule has 1 amide bonds. The number of benzene rings is 1. The molecule has 3 N–H and O–H groups in total. The Labute approximate surface area is 115 Å². The van der Waals surface area contributed by atoms with Crippen molar-refractivity contribution in [1.82, 2.24) is 5.32 Å². The number of nitrogens with one attached hydrogen (secondary N) is 1. The summed E-state index contributed by atoms with van der Waals surface area (Å²) in [5, 5.41) is 3.20. The van der Waals surface area contributed by atoms with Gasteiger partial charge in [-0.25, -0.2) is 0 Å². The lowest BCUT2D eigenvalue weighted by Gasteiger charge is -2.23. The minimum Gasteiger partial charge on any atom is -0.398 e. The van der Waals surface area contributed by atoms with Crippen LogP contribution >= 0.6 is 0 Å². The number of nitrogen functional groups attached to an aromatic ring is 1. The van der Waals surface area contributed by atoms with Crippen molar-refractivity contribution >= 4 is 11.6 Å². The Morgan fingerprint density at radius 2 is 2.00 bits per heavy atom. The Kier molecular flexibility index (Phi) is 4.46. The van der Waals surface area contributed by atoms with Crippen LogP contribution in [0.4, 0.5) is 5.69 Å². The summed E-state index contributed by atoms with van der Waals surface area (Å²) in [6.07, 6.45) is 6.08. The fraction of sp³-hybridized carbons (Fsp3) is 0.562. The highest BCUT2D eigenvalue weighted by Gasteiger charge is 2.22. The zero-order valence-corrected chi connectivity index (χ0v) is 11.9. The summed E-state index contributed by atoms with van der Waals surface area (Å²) in [4.78, 5) is 12.4. The number of carbonyl (C=O) groups is 1. The van der Waals surface area contributed by atoms with Gasteiger partial charge in [0.25, 0.3) is 5.91 Å². The summed E-state index contributed by atoms with van der Waals surface area (Å²) >= 11 is 0. The number of hydrogen-bond acceptors (Lipinski definition) is 2. The van der Waals surface area contributed by atoms with E-state index in [-0.39, 0.29) is 5.91 Å². The van der Waals surface area contributed by atoms with E-state index in [1.165, 1.54) is 25.7 Å². The largest absolute Gasteiger partial charge is 0.398 e. The Balaban J connectivity index is 2.09. The van der Waals surface area contributed by atoms with Crippen molar-refractivity contribution in [3.8, 4) is 0 Å². The van der Waals surface area contributed by atoms with Crippen molar-refractivity contribution in [2.75, 3.05) is 5.73 Å². The summed E-state index contributed by atoms with van der Waals surface area (Å²) in [5.74, 6) is 0.580. The SMILES string of the molecule is Cc1c(N)cccc1C(=O)NC1CCCCCC1C. The number of carbonyl (C=O) groups excluding carboxylic acids is 1. The molecule has 1 saturated carbocycles. The Morgan fingerprint density at radius 3 is 2.79 bits per heavy atom. The Morgan fingerprint density at radius 1 is 1.26 bits per heavy atom. The van der Waals surface area contributed by atoms with Crippen LogP contribution in [0.25, 0.3) is 0 Å². The van der Waals surface area contributed by atoms with Gasteiger partial charge in [0.1, 0.15) is 0 Å². The van der Waals surface area contributed by atoms with Crippen LogP contribution in [-0.4, -0.2) is 11.9 Å². The molecule has 0 heterocycles. The molecular formula is C16H24N2O. The molecule has 0 aromatic heterocycles. The van der Waals surface area contributed by atoms with E-state index in [0.29, 0.717) is 23.2 Å². The first-order valence-electron chi connectivity index (χ1n) is 7.25. The number of nitrogens with two attached hydrogens (primary N) is 1. The van der Waals surface area contributed by atoms with Gasteiger partial charge in [-0.2, -0.15) is 0 Å². The van der Waals surface area contributed by atoms with Crippen molar-refractivity contribution in [1.29, 1.82) is 0 Å². The van der Waals surface area contributed by atoms with Crippen LogP contribution in [0.3, 0.4) is 0 Å². The van der Waals surface area contributed by atoms with Crippen molar-refractivity contribution in [3.05, 3.63) is 29.3 Å². The lowest BCUT2D eigenvalue weighted by Crippen LogP contribution is -2.39. The van der Waals surface area contributed by atoms with Crippen LogP contribution in [0.1, 0.15) is 54.9 Å². The molecule has 1 aromatic carbocycles. The van der Waals surface area contributed by atoms with Gasteiger partial charge >= 0.3 is 0 Å². The maximum atomic E-state index is 12.4. The standard InChI is InChI=1S/C16H24N2O/c1-11-7-4-3-5-10-15(11)18-16(19)13-8-6-9-14(17)12(13)2/h6,8-9,11,15H,3-5,7,10,17H2,1-2H3,(H,18,19). The smallest absolute Gasteiger partial charge is 0.251 e. The number of amides is 1. The van der Waals surface area contributed by atoms with Gasteiger partial charge in [-0.05, 0) is 43.4 Å². The number of anilines is 1. The van der Waals surface area contributed by atoms with E-state index in [9.17, 15) is 4.79 Å². The molecule has 2 atom stereocenters. The van der Waals surface area contributed by atoms with Gasteiger partial charge in [0.2, 0.25) is 0 Å². The van der Waals surface area contributed by atoms with Gasteiger partial charge in [0.05, 0.1) is 0 Å². The van der Waals surface area contributed by atoms with E-state index in [0.717, 1.165) is 12.0 Å². The van der Waals surface area contributed by atoms with Gasteiger partial charge in [0.15, 0.2) is 0 Å². The highest BCUT2D eigenvalue weighted by Crippen LogP contribution is 2.24. The molecule has 2 rings (SSSR count). The normalized spacial score (nSPS) is 23.7. The summed E-state index contributed by atoms with van der Waals surface area (Å²) < 4.78 is 0. The summed E-state index contributed by atoms with van der Waals surface area (Å²) in [7, 11) is 0. The lowest BCUT2D eigenvalue weighted by molar-refractivity contribution is 0.0921. The fourth-order valence-electron chi connectivity index (χ4n) is 2.85. The zero-order valence-electron chi connectivity index (χ0n) is 11.9. The van der Waals surface area contributed by atoms with Crippen molar-refractivity contribution < 1.29 is 4.79 Å². The van der Waals surface area contributed by atoms with Crippen molar-refractivity contribution in [2.45, 2.75) is 52.0 Å². The quantitative estimate of drug-likeness (QED) is 0.633. The Hall–Kier alpha value is -1.51. The molecule has 3 heteroatoms. The van der Waals surface area contributed by atoms with Gasteiger partial charge in [0, 0.05) is 17.3 Å². The van der Waals surface area contributed by atoms with Crippen molar-refractivity contribution in [3.63, 3.8) is 0 Å². The van der Waals surface area contributed by atoms with Crippen LogP contribution in [0.2, 0.25) is 0 Å². The van der Waals surface area contributed by atoms with E-state index >= 15 is 0 Å². The highest BCUT2D eigenvalue weighted by molar-refractivity contribution is 5.97. The summed E-state index contributed by atoms with van der Waals surface area (Å²) in [5.41, 5.74) is 8.13. The lowest BCUT2D eigenvalue weighted by atomic mass is 9.96. The predicted molar refractivity (Wildman–Crippen MR) is 79.1 cm³/mol. The van der Waals surface area contributed by atoms with E-state index < -0.39 is 0 Å². The molecule has 0 radical (unpaired) electrons. The third kappa shape index (κ3) is 3.28. The topological polar surface area (TPSA) is 55.1 Å². The van der Waals surface area contributed by atoms with Crippen LogP contribution in [0.5, 0.6) is 0 Å². The monoisotopic (exact) mass is 260 g/mol. The average Bonchev–Trinajstić information content (AvgIpc) is 2.58.